The van der Waals surface area contributed by atoms with Gasteiger partial charge in [0.1, 0.15) is 0 Å². The normalized spacial score (nSPS) is 25.7. The number of hydrogen-bond acceptors (Lipinski definition) is 3. The number of nitrogens with one attached hydrogen (secondary N) is 1. The number of nitrogens with zero attached hydrogens (tertiary/aromatic N) is 1. The van der Waals surface area contributed by atoms with E-state index >= 15 is 0 Å². The maximum atomic E-state index is 5.74. The topological polar surface area (TPSA) is 50.9 Å². The van der Waals surface area contributed by atoms with E-state index in [1.807, 2.05) is 12.4 Å². The smallest absolute Gasteiger partial charge is 0.0271 e. The molecule has 3 heteroatoms. The number of aromatic nitrogens is 1. The molecule has 3 N–H and O–H groups in total. The van der Waals surface area contributed by atoms with Gasteiger partial charge in [-0.05, 0) is 43.0 Å². The number of pyridine rings is 1. The minimum atomic E-state index is 0.614. The lowest BCUT2D eigenvalue weighted by atomic mass is 10.0. The summed E-state index contributed by atoms with van der Waals surface area (Å²) in [7, 11) is 0. The fourth-order valence-electron chi connectivity index (χ4n) is 2.34. The second-order valence-corrected chi connectivity index (χ2v) is 4.27. The van der Waals surface area contributed by atoms with Crippen LogP contribution in [0.3, 0.4) is 0 Å². The molecule has 1 fully saturated rings. The summed E-state index contributed by atoms with van der Waals surface area (Å²) in [6, 6.07) is 4.72. The maximum absolute atomic E-state index is 5.74. The van der Waals surface area contributed by atoms with Gasteiger partial charge in [0, 0.05) is 25.0 Å². The monoisotopic (exact) mass is 205 g/mol. The van der Waals surface area contributed by atoms with Gasteiger partial charge in [0.2, 0.25) is 0 Å². The van der Waals surface area contributed by atoms with Crippen LogP contribution < -0.4 is 11.1 Å². The average molecular weight is 205 g/mol. The van der Waals surface area contributed by atoms with Crippen LogP contribution in [0.2, 0.25) is 0 Å². The lowest BCUT2D eigenvalue weighted by Gasteiger charge is -2.19. The Bertz CT molecular complexity index is 286. The third kappa shape index (κ3) is 2.76. The highest BCUT2D eigenvalue weighted by atomic mass is 14.9. The van der Waals surface area contributed by atoms with E-state index in [1.165, 1.54) is 24.8 Å². The molecule has 1 saturated carbocycles. The van der Waals surface area contributed by atoms with Crippen molar-refractivity contribution in [3.05, 3.63) is 30.1 Å². The fraction of sp³-hybridized carbons (Fsp3) is 0.583. The molecule has 15 heavy (non-hydrogen) atoms. The van der Waals surface area contributed by atoms with E-state index in [4.69, 9.17) is 5.73 Å². The van der Waals surface area contributed by atoms with Crippen molar-refractivity contribution in [3.8, 4) is 0 Å². The van der Waals surface area contributed by atoms with Gasteiger partial charge in [0.25, 0.3) is 0 Å². The minimum Gasteiger partial charge on any atom is -0.330 e. The third-order valence-corrected chi connectivity index (χ3v) is 3.28. The van der Waals surface area contributed by atoms with E-state index in [9.17, 15) is 0 Å². The summed E-state index contributed by atoms with van der Waals surface area (Å²) < 4.78 is 0. The highest BCUT2D eigenvalue weighted by molar-refractivity contribution is 5.09. The summed E-state index contributed by atoms with van der Waals surface area (Å²) in [6.07, 6.45) is 7.55. The van der Waals surface area contributed by atoms with Crippen LogP contribution in [0.1, 0.15) is 24.8 Å². The molecule has 3 nitrogen and oxygen atoms in total. The van der Waals surface area contributed by atoms with Crippen molar-refractivity contribution in [2.24, 2.45) is 11.7 Å². The van der Waals surface area contributed by atoms with Crippen LogP contribution >= 0.6 is 0 Å². The molecule has 2 atom stereocenters. The Hall–Kier alpha value is -0.930. The molecule has 0 spiro atoms. The Morgan fingerprint density at radius 1 is 1.33 bits per heavy atom. The molecule has 2 unspecified atom stereocenters. The number of rotatable bonds is 4. The van der Waals surface area contributed by atoms with Crippen LogP contribution in [0.5, 0.6) is 0 Å². The quantitative estimate of drug-likeness (QED) is 0.779. The first-order valence-corrected chi connectivity index (χ1v) is 5.72. The maximum Gasteiger partial charge on any atom is 0.0271 e. The first kappa shape index (κ1) is 10.6. The zero-order valence-corrected chi connectivity index (χ0v) is 9.02. The molecule has 0 bridgehead atoms. The highest BCUT2D eigenvalue weighted by Crippen LogP contribution is 2.24. The molecule has 1 heterocycles. The summed E-state index contributed by atoms with van der Waals surface area (Å²) >= 11 is 0. The van der Waals surface area contributed by atoms with Crippen LogP contribution in [-0.2, 0) is 6.54 Å². The molecular weight excluding hydrogens is 186 g/mol. The lowest BCUT2D eigenvalue weighted by Crippen LogP contribution is -2.35. The summed E-state index contributed by atoms with van der Waals surface area (Å²) in [5.74, 6) is 0.673. The second-order valence-electron chi connectivity index (χ2n) is 4.27. The second kappa shape index (κ2) is 5.24. The molecule has 82 valence electrons. The van der Waals surface area contributed by atoms with Crippen LogP contribution in [0.25, 0.3) is 0 Å². The SMILES string of the molecule is NCC1CCCC1NCc1ccncc1. The van der Waals surface area contributed by atoms with Gasteiger partial charge >= 0.3 is 0 Å². The molecule has 2 rings (SSSR count). The highest BCUT2D eigenvalue weighted by Gasteiger charge is 2.25. The Labute approximate surface area is 91.1 Å². The molecule has 0 radical (unpaired) electrons. The van der Waals surface area contributed by atoms with Crippen molar-refractivity contribution in [2.45, 2.75) is 31.8 Å². The molecule has 1 aliphatic carbocycles. The molecule has 1 aromatic heterocycles. The van der Waals surface area contributed by atoms with E-state index in [1.54, 1.807) is 0 Å². The Balaban J connectivity index is 1.83. The molecule has 1 aliphatic rings. The largest absolute Gasteiger partial charge is 0.330 e. The molecule has 0 aromatic carbocycles. The Morgan fingerprint density at radius 2 is 2.13 bits per heavy atom. The van der Waals surface area contributed by atoms with Gasteiger partial charge in [0.15, 0.2) is 0 Å². The molecule has 0 amide bonds. The Kier molecular flexibility index (Phi) is 3.69. The Morgan fingerprint density at radius 3 is 2.87 bits per heavy atom. The van der Waals surface area contributed by atoms with Crippen LogP contribution in [0.4, 0.5) is 0 Å². The summed E-state index contributed by atoms with van der Waals surface area (Å²) in [6.45, 7) is 1.75. The summed E-state index contributed by atoms with van der Waals surface area (Å²) in [5, 5.41) is 3.59. The minimum absolute atomic E-state index is 0.614. The fourth-order valence-corrected chi connectivity index (χ4v) is 2.34. The number of hydrogen-bond donors (Lipinski definition) is 2. The van der Waals surface area contributed by atoms with Crippen LogP contribution in [-0.4, -0.2) is 17.6 Å². The van der Waals surface area contributed by atoms with E-state index in [2.05, 4.69) is 22.4 Å². The standard InChI is InChI=1S/C12H19N3/c13-8-11-2-1-3-12(11)15-9-10-4-6-14-7-5-10/h4-7,11-12,15H,1-3,8-9,13H2. The van der Waals surface area contributed by atoms with Crippen molar-refractivity contribution < 1.29 is 0 Å². The van der Waals surface area contributed by atoms with Crippen molar-refractivity contribution in [3.63, 3.8) is 0 Å². The summed E-state index contributed by atoms with van der Waals surface area (Å²) in [4.78, 5) is 4.01. The first-order chi connectivity index (χ1) is 7.40. The van der Waals surface area contributed by atoms with Gasteiger partial charge in [-0.3, -0.25) is 4.98 Å². The third-order valence-electron chi connectivity index (χ3n) is 3.28. The van der Waals surface area contributed by atoms with Gasteiger partial charge in [-0.2, -0.15) is 0 Å². The average Bonchev–Trinajstić information content (AvgIpc) is 2.75. The van der Waals surface area contributed by atoms with Gasteiger partial charge in [-0.1, -0.05) is 6.42 Å². The predicted octanol–water partition coefficient (Wildman–Crippen LogP) is 1.30. The van der Waals surface area contributed by atoms with Crippen molar-refractivity contribution in [1.29, 1.82) is 0 Å². The van der Waals surface area contributed by atoms with Crippen molar-refractivity contribution >= 4 is 0 Å². The lowest BCUT2D eigenvalue weighted by molar-refractivity contribution is 0.406. The number of nitrogens with two attached hydrogens (primary N) is 1. The summed E-state index contributed by atoms with van der Waals surface area (Å²) in [5.41, 5.74) is 7.04. The molecule has 1 aromatic rings. The van der Waals surface area contributed by atoms with Crippen molar-refractivity contribution in [1.82, 2.24) is 10.3 Å². The van der Waals surface area contributed by atoms with Gasteiger partial charge in [0.05, 0.1) is 0 Å². The van der Waals surface area contributed by atoms with Gasteiger partial charge in [-0.15, -0.1) is 0 Å². The first-order valence-electron chi connectivity index (χ1n) is 5.72. The van der Waals surface area contributed by atoms with Crippen molar-refractivity contribution in [2.75, 3.05) is 6.54 Å². The van der Waals surface area contributed by atoms with E-state index in [0.717, 1.165) is 13.1 Å². The zero-order valence-electron chi connectivity index (χ0n) is 9.02. The molecular formula is C12H19N3. The van der Waals surface area contributed by atoms with E-state index in [0.29, 0.717) is 12.0 Å². The zero-order chi connectivity index (χ0) is 10.5. The van der Waals surface area contributed by atoms with Crippen LogP contribution in [0.15, 0.2) is 24.5 Å². The van der Waals surface area contributed by atoms with Gasteiger partial charge < -0.3 is 11.1 Å². The molecule has 0 aliphatic heterocycles. The molecule has 0 saturated heterocycles. The van der Waals surface area contributed by atoms with Crippen LogP contribution in [0, 0.1) is 5.92 Å². The van der Waals surface area contributed by atoms with E-state index in [-0.39, 0.29) is 0 Å². The predicted molar refractivity (Wildman–Crippen MR) is 61.3 cm³/mol. The van der Waals surface area contributed by atoms with Gasteiger partial charge in [-0.25, -0.2) is 0 Å². The van der Waals surface area contributed by atoms with E-state index < -0.39 is 0 Å².